The van der Waals surface area contributed by atoms with Crippen LogP contribution in [0.4, 0.5) is 0 Å². The second-order valence-corrected chi connectivity index (χ2v) is 2.72. The number of hydrogen-bond acceptors (Lipinski definition) is 4. The predicted molar refractivity (Wildman–Crippen MR) is 40.8 cm³/mol. The molecule has 0 aliphatic rings. The molecule has 1 amide bonds. The molecule has 0 fully saturated rings. The third-order valence-corrected chi connectivity index (χ3v) is 1.78. The molecule has 0 heterocycles. The zero-order valence-corrected chi connectivity index (χ0v) is 12.2. The standard InChI is InChI=1S/C5H10N2O3.Na.Sn.2H/c6-3(5(9)10)1-2-4(7)8;;;;/h3H,1-2,6H2,(H2,7,8)(H,9,10);;;;/q;2*+1;;-1/p-1/t3-;;;;/m0..../s1. The van der Waals surface area contributed by atoms with Gasteiger partial charge in [-0.25, -0.2) is 0 Å². The molecule has 0 spiro atoms. The Hall–Kier alpha value is 0.699. The average Bonchev–Trinajstić information content (AvgIpc) is 1.98. The summed E-state index contributed by atoms with van der Waals surface area (Å²) in [5, 5.41) is 0. The van der Waals surface area contributed by atoms with Crippen LogP contribution in [-0.2, 0) is 12.7 Å². The van der Waals surface area contributed by atoms with Crippen LogP contribution < -0.4 is 41.0 Å². The Morgan fingerprint density at radius 1 is 1.58 bits per heavy atom. The molecule has 0 saturated heterocycles. The molecule has 0 aliphatic carbocycles. The first-order valence-electron chi connectivity index (χ1n) is 3.02. The molecular weight excluding hydrogens is 278 g/mol. The van der Waals surface area contributed by atoms with Gasteiger partial charge >= 0.3 is 107 Å². The molecule has 0 aromatic rings. The van der Waals surface area contributed by atoms with Crippen molar-refractivity contribution in [2.45, 2.75) is 18.9 Å². The van der Waals surface area contributed by atoms with Crippen molar-refractivity contribution in [3.8, 4) is 0 Å². The van der Waals surface area contributed by atoms with Crippen LogP contribution in [0.3, 0.4) is 0 Å². The van der Waals surface area contributed by atoms with E-state index in [0.717, 1.165) is 0 Å². The second kappa shape index (κ2) is 8.30. The van der Waals surface area contributed by atoms with Gasteiger partial charge in [0.1, 0.15) is 0 Å². The first-order valence-corrected chi connectivity index (χ1v) is 4.37. The van der Waals surface area contributed by atoms with Gasteiger partial charge in [-0.05, 0) is 0 Å². The van der Waals surface area contributed by atoms with Gasteiger partial charge in [0, 0.05) is 0 Å². The van der Waals surface area contributed by atoms with Gasteiger partial charge in [0.15, 0.2) is 0 Å². The summed E-state index contributed by atoms with van der Waals surface area (Å²) in [6, 6.07) is -0.711. The van der Waals surface area contributed by atoms with Crippen molar-refractivity contribution in [2.75, 3.05) is 0 Å². The van der Waals surface area contributed by atoms with Gasteiger partial charge in [0.05, 0.1) is 0 Å². The number of hydrogen-bond donors (Lipinski definition) is 2. The number of rotatable bonds is 4. The van der Waals surface area contributed by atoms with Crippen LogP contribution in [0, 0.1) is 0 Å². The van der Waals surface area contributed by atoms with E-state index in [9.17, 15) is 9.59 Å². The Kier molecular flexibility index (Phi) is 10.5. The van der Waals surface area contributed by atoms with E-state index < -0.39 is 17.9 Å². The predicted octanol–water partition coefficient (Wildman–Crippen LogP) is -4.95. The largest absolute Gasteiger partial charge is 1.00 e. The summed E-state index contributed by atoms with van der Waals surface area (Å²) in [6.07, 6.45) is 0.381. The van der Waals surface area contributed by atoms with E-state index in [2.05, 4.69) is 3.07 Å². The number of carbonyl (C=O) groups excluding carboxylic acids is 2. The van der Waals surface area contributed by atoms with Crippen LogP contribution in [0.5, 0.6) is 0 Å². The molecule has 0 bridgehead atoms. The van der Waals surface area contributed by atoms with Gasteiger partial charge in [-0.1, -0.05) is 0 Å². The van der Waals surface area contributed by atoms with Crippen molar-refractivity contribution >= 4 is 34.8 Å². The molecule has 12 heavy (non-hydrogen) atoms. The van der Waals surface area contributed by atoms with Crippen molar-refractivity contribution in [3.63, 3.8) is 0 Å². The number of carbonyl (C=O) groups is 2. The Morgan fingerprint density at radius 2 is 2.08 bits per heavy atom. The zero-order chi connectivity index (χ0) is 8.85. The molecule has 0 aromatic carbocycles. The maximum Gasteiger partial charge on any atom is 1.00 e. The summed E-state index contributed by atoms with van der Waals surface area (Å²) in [6.45, 7) is 0. The molecule has 4 N–H and O–H groups in total. The molecule has 0 aliphatic heterocycles. The molecule has 2 radical (unpaired) electrons. The van der Waals surface area contributed by atoms with Gasteiger partial charge in [-0.2, -0.15) is 0 Å². The Labute approximate surface area is 108 Å². The molecule has 5 nitrogen and oxygen atoms in total. The first kappa shape index (κ1) is 15.2. The fourth-order valence-electron chi connectivity index (χ4n) is 0.503. The normalized spacial score (nSPS) is 11.2. The number of amides is 1. The van der Waals surface area contributed by atoms with Gasteiger partial charge in [-0.3, -0.25) is 0 Å². The summed E-state index contributed by atoms with van der Waals surface area (Å²) >= 11 is 0.387. The topological polar surface area (TPSA) is 95.4 Å². The van der Waals surface area contributed by atoms with Crippen molar-refractivity contribution in [1.82, 2.24) is 0 Å². The number of nitrogens with two attached hydrogens (primary N) is 2. The second-order valence-electron chi connectivity index (χ2n) is 2.05. The fourth-order valence-corrected chi connectivity index (χ4v) is 1.00. The summed E-state index contributed by atoms with van der Waals surface area (Å²) < 4.78 is 4.46. The summed E-state index contributed by atoms with van der Waals surface area (Å²) in [5.41, 5.74) is 10.2. The summed E-state index contributed by atoms with van der Waals surface area (Å²) in [5.74, 6) is -0.922. The van der Waals surface area contributed by atoms with E-state index >= 15 is 0 Å². The van der Waals surface area contributed by atoms with Gasteiger partial charge in [0.2, 0.25) is 0 Å². The minimum absolute atomic E-state index is 0. The van der Waals surface area contributed by atoms with Crippen LogP contribution >= 0.6 is 0 Å². The SMILES string of the molecule is NC(=O)CC[C@H](N)C(=O)[O][SnH].[H-].[Na+]. The molecule has 1 atom stereocenters. The summed E-state index contributed by atoms with van der Waals surface area (Å²) in [4.78, 5) is 20.9. The molecule has 0 aromatic heterocycles. The third-order valence-electron chi connectivity index (χ3n) is 1.12. The minimum atomic E-state index is -0.711. The fraction of sp³-hybridized carbons (Fsp3) is 0.600. The quantitative estimate of drug-likeness (QED) is 0.507. The van der Waals surface area contributed by atoms with Gasteiger partial charge in [-0.15, -0.1) is 0 Å². The van der Waals surface area contributed by atoms with Crippen molar-refractivity contribution in [2.24, 2.45) is 11.5 Å². The van der Waals surface area contributed by atoms with E-state index in [4.69, 9.17) is 11.5 Å². The van der Waals surface area contributed by atoms with E-state index in [1.54, 1.807) is 0 Å². The number of primary amides is 1. The third kappa shape index (κ3) is 7.35. The van der Waals surface area contributed by atoms with Crippen LogP contribution in [-0.4, -0.2) is 40.9 Å². The van der Waals surface area contributed by atoms with E-state index in [-0.39, 0.29) is 43.8 Å². The maximum atomic E-state index is 10.7. The summed E-state index contributed by atoms with van der Waals surface area (Å²) in [7, 11) is 0. The van der Waals surface area contributed by atoms with Gasteiger partial charge in [0.25, 0.3) is 0 Å². The zero-order valence-electron chi connectivity index (χ0n) is 7.95. The average molecular weight is 289 g/mol. The van der Waals surface area contributed by atoms with Crippen molar-refractivity contribution in [3.05, 3.63) is 0 Å². The minimum Gasteiger partial charge on any atom is -1.00 e. The smallest absolute Gasteiger partial charge is 1.00 e. The van der Waals surface area contributed by atoms with Crippen molar-refractivity contribution < 1.29 is 43.6 Å². The van der Waals surface area contributed by atoms with E-state index in [1.807, 2.05) is 0 Å². The molecular formula is C5H11N2NaO3Sn. The van der Waals surface area contributed by atoms with Crippen LogP contribution in [0.2, 0.25) is 0 Å². The van der Waals surface area contributed by atoms with Crippen LogP contribution in [0.25, 0.3) is 0 Å². The molecule has 64 valence electrons. The van der Waals surface area contributed by atoms with E-state index in [1.165, 1.54) is 0 Å². The Balaban J connectivity index is -0.000000500. The maximum absolute atomic E-state index is 10.7. The van der Waals surface area contributed by atoms with Crippen LogP contribution in [0.15, 0.2) is 0 Å². The van der Waals surface area contributed by atoms with Gasteiger partial charge < -0.3 is 1.43 Å². The van der Waals surface area contributed by atoms with Crippen molar-refractivity contribution in [1.29, 1.82) is 0 Å². The van der Waals surface area contributed by atoms with E-state index in [0.29, 0.717) is 22.9 Å². The first-order chi connectivity index (χ1) is 5.07. The molecule has 7 heteroatoms. The molecule has 0 saturated carbocycles. The Bertz CT molecular complexity index is 172. The van der Waals surface area contributed by atoms with Crippen LogP contribution in [0.1, 0.15) is 14.3 Å². The Morgan fingerprint density at radius 3 is 2.42 bits per heavy atom. The molecule has 0 unspecified atom stereocenters. The monoisotopic (exact) mass is 290 g/mol. The molecule has 0 rings (SSSR count).